The number of aromatic nitrogens is 1. The summed E-state index contributed by atoms with van der Waals surface area (Å²) in [5, 5.41) is 4.76. The highest BCUT2D eigenvalue weighted by molar-refractivity contribution is 7.18. The smallest absolute Gasteiger partial charge is 0.238 e. The maximum atomic E-state index is 12.6. The number of likely N-dealkylation sites (tertiary alicyclic amines) is 1. The number of rotatable bonds is 4. The minimum absolute atomic E-state index is 0.0108. The van der Waals surface area contributed by atoms with E-state index in [-0.39, 0.29) is 11.9 Å². The molecule has 2 aromatic carbocycles. The van der Waals surface area contributed by atoms with Crippen LogP contribution in [0.15, 0.2) is 42.5 Å². The van der Waals surface area contributed by atoms with Gasteiger partial charge in [-0.25, -0.2) is 4.98 Å². The number of halogens is 1. The Morgan fingerprint density at radius 2 is 2.15 bits per heavy atom. The van der Waals surface area contributed by atoms with Crippen LogP contribution in [0.1, 0.15) is 29.5 Å². The highest BCUT2D eigenvalue weighted by Crippen LogP contribution is 2.36. The summed E-state index contributed by atoms with van der Waals surface area (Å²) in [5.41, 5.74) is 2.71. The summed E-state index contributed by atoms with van der Waals surface area (Å²) < 4.78 is 1.20. The number of hydrogen-bond donors (Lipinski definition) is 1. The number of carbonyl (C=O) groups excluding carboxylic acids is 1. The summed E-state index contributed by atoms with van der Waals surface area (Å²) in [6, 6.07) is 14.0. The predicted molar refractivity (Wildman–Crippen MR) is 108 cm³/mol. The number of amides is 1. The molecule has 134 valence electrons. The van der Waals surface area contributed by atoms with Gasteiger partial charge in [-0.15, -0.1) is 11.3 Å². The van der Waals surface area contributed by atoms with E-state index in [0.29, 0.717) is 11.6 Å². The molecule has 1 aliphatic rings. The SMILES string of the molecule is Cc1c(Cl)cccc1NC(=O)CN1CCC[C@H]1c1nc2ccccc2s1. The van der Waals surface area contributed by atoms with Crippen LogP contribution in [0.4, 0.5) is 5.69 Å². The van der Waals surface area contributed by atoms with Crippen molar-refractivity contribution in [3.63, 3.8) is 0 Å². The number of nitrogens with zero attached hydrogens (tertiary/aromatic N) is 2. The average Bonchev–Trinajstić information content (AvgIpc) is 3.25. The number of thiazole rings is 1. The second kappa shape index (κ2) is 7.35. The Kier molecular flexibility index (Phi) is 4.94. The third kappa shape index (κ3) is 3.47. The summed E-state index contributed by atoms with van der Waals surface area (Å²) in [5.74, 6) is -0.0108. The zero-order valence-electron chi connectivity index (χ0n) is 14.5. The monoisotopic (exact) mass is 385 g/mol. The van der Waals surface area contributed by atoms with Crippen LogP contribution < -0.4 is 5.32 Å². The van der Waals surface area contributed by atoms with Crippen LogP contribution in [0.3, 0.4) is 0 Å². The zero-order valence-corrected chi connectivity index (χ0v) is 16.1. The lowest BCUT2D eigenvalue weighted by Crippen LogP contribution is -2.33. The molecule has 1 atom stereocenters. The molecular weight excluding hydrogens is 366 g/mol. The van der Waals surface area contributed by atoms with Gasteiger partial charge in [-0.3, -0.25) is 9.69 Å². The van der Waals surface area contributed by atoms with Crippen LogP contribution in [0.5, 0.6) is 0 Å². The number of carbonyl (C=O) groups is 1. The molecule has 1 saturated heterocycles. The lowest BCUT2D eigenvalue weighted by atomic mass is 10.2. The molecule has 1 aromatic heterocycles. The van der Waals surface area contributed by atoms with E-state index in [9.17, 15) is 4.79 Å². The van der Waals surface area contributed by atoms with Gasteiger partial charge in [0, 0.05) is 10.7 Å². The summed E-state index contributed by atoms with van der Waals surface area (Å²) >= 11 is 7.87. The molecule has 2 heterocycles. The van der Waals surface area contributed by atoms with Gasteiger partial charge in [-0.05, 0) is 56.1 Å². The van der Waals surface area contributed by atoms with Gasteiger partial charge < -0.3 is 5.32 Å². The first-order valence-corrected chi connectivity index (χ1v) is 9.96. The zero-order chi connectivity index (χ0) is 18.1. The van der Waals surface area contributed by atoms with Crippen molar-refractivity contribution in [2.45, 2.75) is 25.8 Å². The minimum atomic E-state index is -0.0108. The molecule has 0 spiro atoms. The van der Waals surface area contributed by atoms with Crippen molar-refractivity contribution in [3.8, 4) is 0 Å². The predicted octanol–water partition coefficient (Wildman–Crippen LogP) is 5.03. The molecule has 4 nitrogen and oxygen atoms in total. The van der Waals surface area contributed by atoms with Crippen LogP contribution in [0.2, 0.25) is 5.02 Å². The lowest BCUT2D eigenvalue weighted by molar-refractivity contribution is -0.117. The van der Waals surface area contributed by atoms with E-state index < -0.39 is 0 Å². The maximum absolute atomic E-state index is 12.6. The van der Waals surface area contributed by atoms with Crippen molar-refractivity contribution < 1.29 is 4.79 Å². The third-order valence-electron chi connectivity index (χ3n) is 4.85. The lowest BCUT2D eigenvalue weighted by Gasteiger charge is -2.22. The molecule has 0 aliphatic carbocycles. The Balaban J connectivity index is 1.48. The molecule has 0 radical (unpaired) electrons. The van der Waals surface area contributed by atoms with Crippen LogP contribution in [0, 0.1) is 6.92 Å². The topological polar surface area (TPSA) is 45.2 Å². The minimum Gasteiger partial charge on any atom is -0.325 e. The molecule has 0 saturated carbocycles. The second-order valence-corrected chi connectivity index (χ2v) is 8.08. The summed E-state index contributed by atoms with van der Waals surface area (Å²) in [6.45, 7) is 3.20. The molecule has 0 bridgehead atoms. The Bertz CT molecular complexity index is 922. The average molecular weight is 386 g/mol. The summed E-state index contributed by atoms with van der Waals surface area (Å²) in [6.07, 6.45) is 2.13. The molecular formula is C20H20ClN3OS. The van der Waals surface area contributed by atoms with Gasteiger partial charge in [0.25, 0.3) is 0 Å². The van der Waals surface area contributed by atoms with E-state index in [1.165, 1.54) is 4.70 Å². The van der Waals surface area contributed by atoms with Crippen molar-refractivity contribution in [2.75, 3.05) is 18.4 Å². The molecule has 4 rings (SSSR count). The molecule has 26 heavy (non-hydrogen) atoms. The molecule has 1 amide bonds. The first-order valence-electron chi connectivity index (χ1n) is 8.76. The Hall–Kier alpha value is -1.95. The fourth-order valence-corrected chi connectivity index (χ4v) is 4.76. The van der Waals surface area contributed by atoms with Crippen molar-refractivity contribution in [3.05, 3.63) is 58.1 Å². The number of nitrogens with one attached hydrogen (secondary N) is 1. The van der Waals surface area contributed by atoms with Crippen LogP contribution in [0.25, 0.3) is 10.2 Å². The highest BCUT2D eigenvalue weighted by Gasteiger charge is 2.30. The van der Waals surface area contributed by atoms with E-state index in [4.69, 9.17) is 16.6 Å². The number of fused-ring (bicyclic) bond motifs is 1. The van der Waals surface area contributed by atoms with E-state index in [0.717, 1.165) is 41.2 Å². The molecule has 3 aromatic rings. The molecule has 0 unspecified atom stereocenters. The van der Waals surface area contributed by atoms with Gasteiger partial charge >= 0.3 is 0 Å². The van der Waals surface area contributed by atoms with E-state index in [1.807, 2.05) is 43.3 Å². The summed E-state index contributed by atoms with van der Waals surface area (Å²) in [4.78, 5) is 19.6. The Labute approximate surface area is 161 Å². The number of benzene rings is 2. The number of para-hydroxylation sites is 1. The first kappa shape index (κ1) is 17.5. The highest BCUT2D eigenvalue weighted by atomic mass is 35.5. The van der Waals surface area contributed by atoms with Gasteiger partial charge in [0.1, 0.15) is 5.01 Å². The van der Waals surface area contributed by atoms with Gasteiger partial charge in [0.05, 0.1) is 22.8 Å². The largest absolute Gasteiger partial charge is 0.325 e. The number of anilines is 1. The van der Waals surface area contributed by atoms with Crippen molar-refractivity contribution in [2.24, 2.45) is 0 Å². The van der Waals surface area contributed by atoms with Crippen LogP contribution in [-0.2, 0) is 4.79 Å². The van der Waals surface area contributed by atoms with Crippen molar-refractivity contribution in [1.29, 1.82) is 0 Å². The van der Waals surface area contributed by atoms with Crippen LogP contribution >= 0.6 is 22.9 Å². The van der Waals surface area contributed by atoms with Gasteiger partial charge in [0.2, 0.25) is 5.91 Å². The Morgan fingerprint density at radius 3 is 3.00 bits per heavy atom. The molecule has 6 heteroatoms. The third-order valence-corrected chi connectivity index (χ3v) is 6.39. The maximum Gasteiger partial charge on any atom is 0.238 e. The second-order valence-electron chi connectivity index (χ2n) is 6.61. The van der Waals surface area contributed by atoms with Crippen LogP contribution in [-0.4, -0.2) is 28.9 Å². The fourth-order valence-electron chi connectivity index (χ4n) is 3.44. The molecule has 1 aliphatic heterocycles. The molecule has 1 fully saturated rings. The summed E-state index contributed by atoms with van der Waals surface area (Å²) in [7, 11) is 0. The van der Waals surface area contributed by atoms with Crippen molar-refractivity contribution in [1.82, 2.24) is 9.88 Å². The number of hydrogen-bond acceptors (Lipinski definition) is 4. The van der Waals surface area contributed by atoms with Gasteiger partial charge in [-0.2, -0.15) is 0 Å². The standard InChI is InChI=1S/C20H20ClN3OS/c1-13-14(21)6-4-8-15(13)22-19(25)12-24-11-5-9-17(24)20-23-16-7-2-3-10-18(16)26-20/h2-4,6-8,10,17H,5,9,11-12H2,1H3,(H,22,25)/t17-/m0/s1. The van der Waals surface area contributed by atoms with Crippen molar-refractivity contribution >= 4 is 44.7 Å². The Morgan fingerprint density at radius 1 is 1.31 bits per heavy atom. The normalized spacial score (nSPS) is 17.7. The van der Waals surface area contributed by atoms with Gasteiger partial charge in [-0.1, -0.05) is 29.8 Å². The van der Waals surface area contributed by atoms with Gasteiger partial charge in [0.15, 0.2) is 0 Å². The van der Waals surface area contributed by atoms with E-state index in [2.05, 4.69) is 16.3 Å². The quantitative estimate of drug-likeness (QED) is 0.684. The fraction of sp³-hybridized carbons (Fsp3) is 0.300. The first-order chi connectivity index (χ1) is 12.6. The van der Waals surface area contributed by atoms with E-state index >= 15 is 0 Å². The molecule has 1 N–H and O–H groups in total. The van der Waals surface area contributed by atoms with E-state index in [1.54, 1.807) is 11.3 Å².